The van der Waals surface area contributed by atoms with Gasteiger partial charge in [-0.15, -0.1) is 10.2 Å². The van der Waals surface area contributed by atoms with E-state index in [0.717, 1.165) is 0 Å². The van der Waals surface area contributed by atoms with E-state index in [1.165, 1.54) is 24.0 Å². The molecule has 0 amide bonds. The molecular weight excluding hydrogens is 266 g/mol. The molecule has 0 saturated carbocycles. The number of ether oxygens (including phenoxy) is 2. The summed E-state index contributed by atoms with van der Waals surface area (Å²) in [6.45, 7) is 0.0349. The van der Waals surface area contributed by atoms with E-state index in [4.69, 9.17) is 20.3 Å². The number of nitrogens with two attached hydrogens (primary N) is 1. The van der Waals surface area contributed by atoms with Gasteiger partial charge in [-0.1, -0.05) is 0 Å². The van der Waals surface area contributed by atoms with Crippen molar-refractivity contribution >= 4 is 11.7 Å². The van der Waals surface area contributed by atoms with Crippen molar-refractivity contribution in [2.75, 3.05) is 12.8 Å². The topological polar surface area (TPSA) is 125 Å². The van der Waals surface area contributed by atoms with E-state index in [9.17, 15) is 4.79 Å². The molecule has 0 fully saturated rings. The lowest BCUT2D eigenvalue weighted by atomic mass is 10.1. The Morgan fingerprint density at radius 2 is 2.20 bits per heavy atom. The SMILES string of the molecule is COc1cc(N)c(C(=O)O)cc1OCc1nnn(C)n1. The first-order valence-electron chi connectivity index (χ1n) is 5.57. The number of aromatic carboxylic acids is 1. The van der Waals surface area contributed by atoms with Crippen LogP contribution in [0, 0.1) is 0 Å². The Bertz CT molecular complexity index is 640. The number of carboxylic acid groups (broad SMARTS) is 1. The summed E-state index contributed by atoms with van der Waals surface area (Å²) in [6.07, 6.45) is 0. The highest BCUT2D eigenvalue weighted by molar-refractivity contribution is 5.94. The van der Waals surface area contributed by atoms with Gasteiger partial charge in [0.1, 0.15) is 0 Å². The first-order valence-corrected chi connectivity index (χ1v) is 5.57. The van der Waals surface area contributed by atoms with Crippen LogP contribution in [0.5, 0.6) is 11.5 Å². The number of aromatic nitrogens is 4. The standard InChI is InChI=1S/C11H13N5O4/c1-16-14-10(13-15-16)5-20-9-3-6(11(17)18)7(12)4-8(9)19-2/h3-4H,5,12H2,1-2H3,(H,17,18). The first-order chi connectivity index (χ1) is 9.51. The lowest BCUT2D eigenvalue weighted by Crippen LogP contribution is -2.06. The van der Waals surface area contributed by atoms with Gasteiger partial charge in [0.25, 0.3) is 0 Å². The van der Waals surface area contributed by atoms with E-state index in [-0.39, 0.29) is 23.6 Å². The van der Waals surface area contributed by atoms with Crippen LogP contribution in [0.15, 0.2) is 12.1 Å². The van der Waals surface area contributed by atoms with Gasteiger partial charge in [-0.3, -0.25) is 0 Å². The third-order valence-corrected chi connectivity index (χ3v) is 2.47. The molecule has 9 heteroatoms. The molecule has 0 spiro atoms. The number of hydrogen-bond donors (Lipinski definition) is 2. The zero-order valence-electron chi connectivity index (χ0n) is 10.9. The third kappa shape index (κ3) is 2.76. The van der Waals surface area contributed by atoms with Crippen LogP contribution in [0.3, 0.4) is 0 Å². The van der Waals surface area contributed by atoms with Gasteiger partial charge < -0.3 is 20.3 Å². The summed E-state index contributed by atoms with van der Waals surface area (Å²) >= 11 is 0. The number of anilines is 1. The van der Waals surface area contributed by atoms with Crippen molar-refractivity contribution in [1.29, 1.82) is 0 Å². The summed E-state index contributed by atoms with van der Waals surface area (Å²) in [4.78, 5) is 12.3. The van der Waals surface area contributed by atoms with Crippen LogP contribution in [0.1, 0.15) is 16.2 Å². The molecule has 3 N–H and O–H groups in total. The van der Waals surface area contributed by atoms with Crippen molar-refractivity contribution in [3.63, 3.8) is 0 Å². The number of methoxy groups -OCH3 is 1. The number of tetrazole rings is 1. The van der Waals surface area contributed by atoms with Crippen molar-refractivity contribution in [2.24, 2.45) is 7.05 Å². The van der Waals surface area contributed by atoms with E-state index < -0.39 is 5.97 Å². The van der Waals surface area contributed by atoms with Crippen molar-refractivity contribution in [2.45, 2.75) is 6.61 Å². The molecule has 0 radical (unpaired) electrons. The number of nitrogens with zero attached hydrogens (tertiary/aromatic N) is 4. The van der Waals surface area contributed by atoms with E-state index >= 15 is 0 Å². The zero-order valence-corrected chi connectivity index (χ0v) is 10.9. The summed E-state index contributed by atoms with van der Waals surface area (Å²) in [5.74, 6) is -0.209. The third-order valence-electron chi connectivity index (χ3n) is 2.47. The van der Waals surface area contributed by atoms with Gasteiger partial charge in [-0.05, 0) is 5.21 Å². The predicted molar refractivity (Wildman–Crippen MR) is 67.5 cm³/mol. The monoisotopic (exact) mass is 279 g/mol. The van der Waals surface area contributed by atoms with Crippen LogP contribution < -0.4 is 15.2 Å². The Morgan fingerprint density at radius 3 is 2.75 bits per heavy atom. The smallest absolute Gasteiger partial charge is 0.337 e. The second-order valence-corrected chi connectivity index (χ2v) is 3.88. The fourth-order valence-electron chi connectivity index (χ4n) is 1.56. The Labute approximate surface area is 113 Å². The molecule has 0 aliphatic carbocycles. The number of carboxylic acids is 1. The predicted octanol–water partition coefficient (Wildman–Crippen LogP) is 0.0781. The van der Waals surface area contributed by atoms with Gasteiger partial charge in [0.05, 0.1) is 25.4 Å². The number of nitrogen functional groups attached to an aromatic ring is 1. The van der Waals surface area contributed by atoms with Gasteiger partial charge in [0, 0.05) is 12.1 Å². The highest BCUT2D eigenvalue weighted by Crippen LogP contribution is 2.32. The highest BCUT2D eigenvalue weighted by atomic mass is 16.5. The molecule has 20 heavy (non-hydrogen) atoms. The zero-order chi connectivity index (χ0) is 14.7. The summed E-state index contributed by atoms with van der Waals surface area (Å²) in [6, 6.07) is 2.69. The quantitative estimate of drug-likeness (QED) is 0.737. The highest BCUT2D eigenvalue weighted by Gasteiger charge is 2.15. The van der Waals surface area contributed by atoms with E-state index in [0.29, 0.717) is 11.6 Å². The minimum atomic E-state index is -1.15. The van der Waals surface area contributed by atoms with Gasteiger partial charge in [-0.2, -0.15) is 4.80 Å². The van der Waals surface area contributed by atoms with Gasteiger partial charge in [0.15, 0.2) is 18.1 Å². The number of hydrogen-bond acceptors (Lipinski definition) is 7. The summed E-state index contributed by atoms with van der Waals surface area (Å²) < 4.78 is 10.5. The van der Waals surface area contributed by atoms with E-state index in [2.05, 4.69) is 15.4 Å². The maximum atomic E-state index is 11.0. The molecule has 1 aromatic carbocycles. The van der Waals surface area contributed by atoms with Crippen molar-refractivity contribution in [3.05, 3.63) is 23.5 Å². The van der Waals surface area contributed by atoms with Crippen LogP contribution in [0.4, 0.5) is 5.69 Å². The molecule has 0 atom stereocenters. The van der Waals surface area contributed by atoms with Crippen molar-refractivity contribution in [3.8, 4) is 11.5 Å². The normalized spacial score (nSPS) is 10.3. The Balaban J connectivity index is 2.25. The minimum Gasteiger partial charge on any atom is -0.493 e. The molecule has 9 nitrogen and oxygen atoms in total. The molecule has 2 aromatic rings. The fraction of sp³-hybridized carbons (Fsp3) is 0.273. The minimum absolute atomic E-state index is 0.0349. The van der Waals surface area contributed by atoms with Gasteiger partial charge >= 0.3 is 5.97 Å². The second-order valence-electron chi connectivity index (χ2n) is 3.88. The lowest BCUT2D eigenvalue weighted by Gasteiger charge is -2.11. The molecule has 0 saturated heterocycles. The van der Waals surface area contributed by atoms with E-state index in [1.807, 2.05) is 0 Å². The van der Waals surface area contributed by atoms with Crippen molar-refractivity contribution in [1.82, 2.24) is 20.2 Å². The van der Waals surface area contributed by atoms with Crippen molar-refractivity contribution < 1.29 is 19.4 Å². The van der Waals surface area contributed by atoms with Crippen LogP contribution in [-0.2, 0) is 13.7 Å². The molecule has 1 heterocycles. The average Bonchev–Trinajstić information content (AvgIpc) is 2.82. The molecule has 106 valence electrons. The van der Waals surface area contributed by atoms with Gasteiger partial charge in [-0.25, -0.2) is 4.79 Å². The average molecular weight is 279 g/mol. The van der Waals surface area contributed by atoms with Crippen LogP contribution >= 0.6 is 0 Å². The number of aryl methyl sites for hydroxylation is 1. The van der Waals surface area contributed by atoms with Gasteiger partial charge in [0.2, 0.25) is 5.82 Å². The molecule has 2 rings (SSSR count). The van der Waals surface area contributed by atoms with Crippen LogP contribution in [-0.4, -0.2) is 38.4 Å². The number of benzene rings is 1. The number of carbonyl (C=O) groups is 1. The molecule has 0 unspecified atom stereocenters. The summed E-state index contributed by atoms with van der Waals surface area (Å²) in [5.41, 5.74) is 5.66. The Hall–Kier alpha value is -2.84. The molecular formula is C11H13N5O4. The second kappa shape index (κ2) is 5.43. The van der Waals surface area contributed by atoms with Crippen LogP contribution in [0.25, 0.3) is 0 Å². The molecule has 0 bridgehead atoms. The summed E-state index contributed by atoms with van der Waals surface area (Å²) in [7, 11) is 3.06. The van der Waals surface area contributed by atoms with Crippen LogP contribution in [0.2, 0.25) is 0 Å². The maximum Gasteiger partial charge on any atom is 0.337 e. The maximum absolute atomic E-state index is 11.0. The van der Waals surface area contributed by atoms with E-state index in [1.54, 1.807) is 7.05 Å². The summed E-state index contributed by atoms with van der Waals surface area (Å²) in [5, 5.41) is 20.4. The molecule has 0 aliphatic rings. The fourth-order valence-corrected chi connectivity index (χ4v) is 1.56. The molecule has 1 aromatic heterocycles. The Morgan fingerprint density at radius 1 is 1.45 bits per heavy atom. The number of rotatable bonds is 5. The Kier molecular flexibility index (Phi) is 3.69. The molecule has 0 aliphatic heterocycles. The lowest BCUT2D eigenvalue weighted by molar-refractivity contribution is 0.0697. The first kappa shape index (κ1) is 13.6. The largest absolute Gasteiger partial charge is 0.493 e.